The summed E-state index contributed by atoms with van der Waals surface area (Å²) in [7, 11) is 0. The molecule has 0 aliphatic carbocycles. The van der Waals surface area contributed by atoms with E-state index in [-0.39, 0.29) is 29.5 Å². The second-order valence-electron chi connectivity index (χ2n) is 5.16. The lowest BCUT2D eigenvalue weighted by Crippen LogP contribution is -2.44. The van der Waals surface area contributed by atoms with E-state index in [4.69, 9.17) is 10.5 Å². The van der Waals surface area contributed by atoms with Crippen molar-refractivity contribution in [3.63, 3.8) is 0 Å². The van der Waals surface area contributed by atoms with Crippen LogP contribution in [0.3, 0.4) is 0 Å². The molecule has 0 heterocycles. The third kappa shape index (κ3) is 7.92. The Labute approximate surface area is 132 Å². The van der Waals surface area contributed by atoms with Crippen LogP contribution < -0.4 is 15.8 Å². The van der Waals surface area contributed by atoms with Gasteiger partial charge in [0.1, 0.15) is 5.75 Å². The summed E-state index contributed by atoms with van der Waals surface area (Å²) in [4.78, 5) is 4.31. The normalized spacial score (nSPS) is 11.7. The van der Waals surface area contributed by atoms with Crippen molar-refractivity contribution < 1.29 is 4.74 Å². The lowest BCUT2D eigenvalue weighted by molar-refractivity contribution is 0.340. The van der Waals surface area contributed by atoms with Crippen molar-refractivity contribution >= 4 is 29.9 Å². The van der Waals surface area contributed by atoms with Crippen LogP contribution in [0.5, 0.6) is 5.75 Å². The molecule has 0 aromatic heterocycles. The van der Waals surface area contributed by atoms with Crippen molar-refractivity contribution in [3.05, 3.63) is 29.8 Å². The molecule has 0 saturated heterocycles. The SMILES string of the molecule is CCOc1cccc(CN=C(N)NC(C)(C)C)c1.I. The number of rotatable bonds is 4. The number of hydrogen-bond donors (Lipinski definition) is 2. The van der Waals surface area contributed by atoms with Gasteiger partial charge in [0, 0.05) is 5.54 Å². The fourth-order valence-electron chi connectivity index (χ4n) is 1.50. The Morgan fingerprint density at radius 2 is 2.05 bits per heavy atom. The highest BCUT2D eigenvalue weighted by Crippen LogP contribution is 2.13. The summed E-state index contributed by atoms with van der Waals surface area (Å²) < 4.78 is 5.44. The van der Waals surface area contributed by atoms with E-state index >= 15 is 0 Å². The summed E-state index contributed by atoms with van der Waals surface area (Å²) in [6.07, 6.45) is 0. The van der Waals surface area contributed by atoms with Gasteiger partial charge in [-0.05, 0) is 45.4 Å². The second-order valence-corrected chi connectivity index (χ2v) is 5.16. The Morgan fingerprint density at radius 1 is 1.37 bits per heavy atom. The predicted octanol–water partition coefficient (Wildman–Crippen LogP) is 2.91. The zero-order valence-corrected chi connectivity index (χ0v) is 14.4. The average molecular weight is 377 g/mol. The van der Waals surface area contributed by atoms with Gasteiger partial charge in [-0.2, -0.15) is 0 Å². The molecule has 0 radical (unpaired) electrons. The molecule has 1 rings (SSSR count). The van der Waals surface area contributed by atoms with Crippen molar-refractivity contribution in [2.75, 3.05) is 6.61 Å². The maximum Gasteiger partial charge on any atom is 0.189 e. The van der Waals surface area contributed by atoms with Gasteiger partial charge in [0.05, 0.1) is 13.2 Å². The first-order valence-electron chi connectivity index (χ1n) is 6.20. The fraction of sp³-hybridized carbons (Fsp3) is 0.500. The highest BCUT2D eigenvalue weighted by molar-refractivity contribution is 14.0. The van der Waals surface area contributed by atoms with Crippen LogP contribution in [0.4, 0.5) is 0 Å². The van der Waals surface area contributed by atoms with Crippen LogP contribution in [0.2, 0.25) is 0 Å². The van der Waals surface area contributed by atoms with E-state index in [2.05, 4.69) is 10.3 Å². The molecule has 0 unspecified atom stereocenters. The van der Waals surface area contributed by atoms with Crippen molar-refractivity contribution in [2.24, 2.45) is 10.7 Å². The molecule has 0 bridgehead atoms. The molecule has 0 amide bonds. The maximum absolute atomic E-state index is 5.81. The van der Waals surface area contributed by atoms with Crippen molar-refractivity contribution in [1.29, 1.82) is 0 Å². The highest BCUT2D eigenvalue weighted by Gasteiger charge is 2.09. The molecule has 0 aliphatic rings. The third-order valence-corrected chi connectivity index (χ3v) is 2.14. The van der Waals surface area contributed by atoms with Gasteiger partial charge in [-0.3, -0.25) is 0 Å². The van der Waals surface area contributed by atoms with Gasteiger partial charge in [0.2, 0.25) is 0 Å². The molecule has 0 saturated carbocycles. The average Bonchev–Trinajstić information content (AvgIpc) is 2.25. The Morgan fingerprint density at radius 3 is 2.63 bits per heavy atom. The Balaban J connectivity index is 0.00000324. The van der Waals surface area contributed by atoms with E-state index in [0.717, 1.165) is 11.3 Å². The number of nitrogens with zero attached hydrogens (tertiary/aromatic N) is 1. The van der Waals surface area contributed by atoms with Gasteiger partial charge in [0.15, 0.2) is 5.96 Å². The molecule has 19 heavy (non-hydrogen) atoms. The quantitative estimate of drug-likeness (QED) is 0.482. The van der Waals surface area contributed by atoms with Gasteiger partial charge >= 0.3 is 0 Å². The topological polar surface area (TPSA) is 59.6 Å². The van der Waals surface area contributed by atoms with Gasteiger partial charge in [-0.15, -0.1) is 24.0 Å². The van der Waals surface area contributed by atoms with Crippen LogP contribution in [-0.2, 0) is 6.54 Å². The zero-order valence-electron chi connectivity index (χ0n) is 12.1. The zero-order chi connectivity index (χ0) is 13.6. The number of halogens is 1. The summed E-state index contributed by atoms with van der Waals surface area (Å²) in [6, 6.07) is 7.89. The molecule has 5 heteroatoms. The van der Waals surface area contributed by atoms with E-state index < -0.39 is 0 Å². The van der Waals surface area contributed by atoms with Crippen molar-refractivity contribution in [2.45, 2.75) is 39.8 Å². The van der Waals surface area contributed by atoms with E-state index in [1.54, 1.807) is 0 Å². The first kappa shape index (κ1) is 18.0. The van der Waals surface area contributed by atoms with Crippen LogP contribution in [0.1, 0.15) is 33.3 Å². The summed E-state index contributed by atoms with van der Waals surface area (Å²) in [5, 5.41) is 3.13. The number of ether oxygens (including phenoxy) is 1. The minimum Gasteiger partial charge on any atom is -0.494 e. The van der Waals surface area contributed by atoms with Crippen molar-refractivity contribution in [3.8, 4) is 5.75 Å². The lowest BCUT2D eigenvalue weighted by atomic mass is 10.1. The summed E-state index contributed by atoms with van der Waals surface area (Å²) in [6.45, 7) is 9.33. The largest absolute Gasteiger partial charge is 0.494 e. The van der Waals surface area contributed by atoms with Gasteiger partial charge in [-0.1, -0.05) is 12.1 Å². The molecule has 0 spiro atoms. The predicted molar refractivity (Wildman–Crippen MR) is 91.2 cm³/mol. The number of benzene rings is 1. The molecule has 4 nitrogen and oxygen atoms in total. The smallest absolute Gasteiger partial charge is 0.189 e. The minimum atomic E-state index is -0.0687. The van der Waals surface area contributed by atoms with Gasteiger partial charge in [-0.25, -0.2) is 4.99 Å². The highest BCUT2D eigenvalue weighted by atomic mass is 127. The van der Waals surface area contributed by atoms with E-state index in [1.165, 1.54) is 0 Å². The lowest BCUT2D eigenvalue weighted by Gasteiger charge is -2.21. The monoisotopic (exact) mass is 377 g/mol. The maximum atomic E-state index is 5.81. The van der Waals surface area contributed by atoms with Crippen LogP contribution in [0.15, 0.2) is 29.3 Å². The Kier molecular flexibility index (Phi) is 7.82. The van der Waals surface area contributed by atoms with Gasteiger partial charge < -0.3 is 15.8 Å². The Hall–Kier alpha value is -0.980. The molecule has 0 fully saturated rings. The molecule has 1 aromatic carbocycles. The summed E-state index contributed by atoms with van der Waals surface area (Å²) in [5.41, 5.74) is 6.83. The molecule has 1 aromatic rings. The minimum absolute atomic E-state index is 0. The number of aliphatic imine (C=N–C) groups is 1. The Bertz CT molecular complexity index is 413. The summed E-state index contributed by atoms with van der Waals surface area (Å²) in [5.74, 6) is 1.33. The van der Waals surface area contributed by atoms with E-state index in [1.807, 2.05) is 52.0 Å². The molecule has 0 aliphatic heterocycles. The van der Waals surface area contributed by atoms with Crippen LogP contribution in [0, 0.1) is 0 Å². The number of hydrogen-bond acceptors (Lipinski definition) is 2. The molecule has 3 N–H and O–H groups in total. The number of nitrogens with one attached hydrogen (secondary N) is 1. The van der Waals surface area contributed by atoms with E-state index in [9.17, 15) is 0 Å². The number of nitrogens with two attached hydrogens (primary N) is 1. The van der Waals surface area contributed by atoms with E-state index in [0.29, 0.717) is 19.1 Å². The summed E-state index contributed by atoms with van der Waals surface area (Å²) >= 11 is 0. The first-order chi connectivity index (χ1) is 8.40. The fourth-order valence-corrected chi connectivity index (χ4v) is 1.50. The first-order valence-corrected chi connectivity index (χ1v) is 6.20. The molecule has 108 valence electrons. The molecular formula is C14H24IN3O. The molecule has 0 atom stereocenters. The standard InChI is InChI=1S/C14H23N3O.HI/c1-5-18-12-8-6-7-11(9-12)10-16-13(15)17-14(2,3)4;/h6-9H,5,10H2,1-4H3,(H3,15,16,17);1H. The third-order valence-electron chi connectivity index (χ3n) is 2.14. The van der Waals surface area contributed by atoms with Crippen LogP contribution >= 0.6 is 24.0 Å². The second kappa shape index (κ2) is 8.24. The van der Waals surface area contributed by atoms with Crippen LogP contribution in [0.25, 0.3) is 0 Å². The van der Waals surface area contributed by atoms with Gasteiger partial charge in [0.25, 0.3) is 0 Å². The number of guanidine groups is 1. The van der Waals surface area contributed by atoms with Crippen molar-refractivity contribution in [1.82, 2.24) is 5.32 Å². The van der Waals surface area contributed by atoms with Crippen LogP contribution in [-0.4, -0.2) is 18.1 Å². The molecular weight excluding hydrogens is 353 g/mol.